The van der Waals surface area contributed by atoms with Crippen molar-refractivity contribution in [3.63, 3.8) is 0 Å². The molecule has 1 unspecified atom stereocenters. The van der Waals surface area contributed by atoms with E-state index >= 15 is 0 Å². The van der Waals surface area contributed by atoms with Gasteiger partial charge >= 0.3 is 0 Å². The van der Waals surface area contributed by atoms with Crippen molar-refractivity contribution in [1.29, 1.82) is 0 Å². The van der Waals surface area contributed by atoms with Crippen molar-refractivity contribution >= 4 is 32.8 Å². The van der Waals surface area contributed by atoms with Crippen LogP contribution in [0.15, 0.2) is 79.0 Å². The summed E-state index contributed by atoms with van der Waals surface area (Å²) >= 11 is 3.43. The average Bonchev–Trinajstić information content (AvgIpc) is 3.47. The van der Waals surface area contributed by atoms with Gasteiger partial charge in [-0.3, -0.25) is 9.59 Å². The minimum atomic E-state index is -0.596. The summed E-state index contributed by atoms with van der Waals surface area (Å²) < 4.78 is 18.2. The minimum absolute atomic E-state index is 0.0811. The van der Waals surface area contributed by atoms with E-state index < -0.39 is 6.04 Å². The summed E-state index contributed by atoms with van der Waals surface area (Å²) in [6.07, 6.45) is 6.12. The Kier molecular flexibility index (Phi) is 6.77. The Hall–Kier alpha value is -3.32. The maximum absolute atomic E-state index is 13.6. The molecule has 2 aromatic heterocycles. The van der Waals surface area contributed by atoms with E-state index in [9.17, 15) is 9.59 Å². The normalized spacial score (nSPS) is 15.1. The summed E-state index contributed by atoms with van der Waals surface area (Å²) in [5.74, 6) is 1.14. The highest BCUT2D eigenvalue weighted by atomic mass is 79.9. The van der Waals surface area contributed by atoms with Crippen molar-refractivity contribution in [3.05, 3.63) is 98.2 Å². The van der Waals surface area contributed by atoms with Crippen LogP contribution in [0.3, 0.4) is 0 Å². The molecule has 0 fully saturated rings. The number of nitrogens with zero attached hydrogens (tertiary/aromatic N) is 1. The van der Waals surface area contributed by atoms with Gasteiger partial charge in [0.15, 0.2) is 5.43 Å². The SMILES string of the molecule is CCCCCCOc1ccc(C2c3c(oc4ccc(Br)cc4c3=O)C(=O)N2Cc2ccco2)cc1. The third kappa shape index (κ3) is 4.65. The number of carbonyl (C=O) groups excluding carboxylic acids is 1. The van der Waals surface area contributed by atoms with Crippen molar-refractivity contribution in [1.82, 2.24) is 4.90 Å². The van der Waals surface area contributed by atoms with Gasteiger partial charge < -0.3 is 18.5 Å². The zero-order chi connectivity index (χ0) is 24.4. The Bertz CT molecular complexity index is 1390. The van der Waals surface area contributed by atoms with E-state index in [1.54, 1.807) is 35.4 Å². The lowest BCUT2D eigenvalue weighted by atomic mass is 9.98. The Morgan fingerprint density at radius 2 is 1.86 bits per heavy atom. The monoisotopic (exact) mass is 535 g/mol. The largest absolute Gasteiger partial charge is 0.494 e. The van der Waals surface area contributed by atoms with Crippen LogP contribution in [0.4, 0.5) is 0 Å². The second-order valence-corrected chi connectivity index (χ2v) is 9.62. The summed E-state index contributed by atoms with van der Waals surface area (Å²) in [6.45, 7) is 3.07. The van der Waals surface area contributed by atoms with Crippen molar-refractivity contribution in [2.75, 3.05) is 6.61 Å². The summed E-state index contributed by atoms with van der Waals surface area (Å²) in [5.41, 5.74) is 1.33. The quantitative estimate of drug-likeness (QED) is 0.219. The molecule has 1 aliphatic rings. The van der Waals surface area contributed by atoms with Gasteiger partial charge in [0.05, 0.1) is 36.4 Å². The van der Waals surface area contributed by atoms with E-state index in [-0.39, 0.29) is 23.6 Å². The lowest BCUT2D eigenvalue weighted by Gasteiger charge is -2.24. The standard InChI is InChI=1S/C28H26BrNO5/c1-2-3-4-5-14-33-20-11-8-18(9-12-20)25-24-26(31)22-16-19(29)10-13-23(22)35-27(24)28(32)30(25)17-21-7-6-15-34-21/h6-13,15-16,25H,2-5,14,17H2,1H3. The molecule has 1 aliphatic heterocycles. The molecule has 0 aliphatic carbocycles. The first kappa shape index (κ1) is 23.4. The number of hydrogen-bond acceptors (Lipinski definition) is 5. The molecule has 35 heavy (non-hydrogen) atoms. The van der Waals surface area contributed by atoms with Crippen LogP contribution in [-0.4, -0.2) is 17.4 Å². The molecule has 5 rings (SSSR count). The highest BCUT2D eigenvalue weighted by molar-refractivity contribution is 9.10. The number of ether oxygens (including phenoxy) is 1. The zero-order valence-corrected chi connectivity index (χ0v) is 21.0. The van der Waals surface area contributed by atoms with Crippen molar-refractivity contribution in [3.8, 4) is 5.75 Å². The minimum Gasteiger partial charge on any atom is -0.494 e. The molecule has 180 valence electrons. The van der Waals surface area contributed by atoms with Gasteiger partial charge in [-0.15, -0.1) is 0 Å². The van der Waals surface area contributed by atoms with Gasteiger partial charge in [-0.1, -0.05) is 54.2 Å². The number of carbonyl (C=O) groups is 1. The van der Waals surface area contributed by atoms with E-state index in [2.05, 4.69) is 22.9 Å². The fraction of sp³-hybridized carbons (Fsp3) is 0.286. The lowest BCUT2D eigenvalue weighted by molar-refractivity contribution is 0.0701. The molecule has 0 N–H and O–H groups in total. The molecular formula is C28H26BrNO5. The van der Waals surface area contributed by atoms with Crippen LogP contribution in [0.2, 0.25) is 0 Å². The van der Waals surface area contributed by atoms with Gasteiger partial charge in [-0.2, -0.15) is 0 Å². The fourth-order valence-electron chi connectivity index (χ4n) is 4.54. The highest BCUT2D eigenvalue weighted by Gasteiger charge is 2.43. The molecule has 1 atom stereocenters. The number of rotatable bonds is 9. The Morgan fingerprint density at radius 1 is 1.03 bits per heavy atom. The van der Waals surface area contributed by atoms with Crippen LogP contribution in [0.1, 0.15) is 66.1 Å². The third-order valence-corrected chi connectivity index (χ3v) is 6.79. The Balaban J connectivity index is 1.52. The molecule has 7 heteroatoms. The topological polar surface area (TPSA) is 72.9 Å². The van der Waals surface area contributed by atoms with Crippen LogP contribution < -0.4 is 10.2 Å². The molecule has 0 saturated heterocycles. The van der Waals surface area contributed by atoms with Gasteiger partial charge in [-0.25, -0.2) is 0 Å². The second kappa shape index (κ2) is 10.1. The van der Waals surface area contributed by atoms with Crippen LogP contribution in [-0.2, 0) is 6.54 Å². The maximum Gasteiger partial charge on any atom is 0.291 e. The number of benzene rings is 2. The van der Waals surface area contributed by atoms with Gasteiger partial charge in [0.25, 0.3) is 5.91 Å². The predicted octanol–water partition coefficient (Wildman–Crippen LogP) is 6.85. The molecular weight excluding hydrogens is 510 g/mol. The number of fused-ring (bicyclic) bond motifs is 2. The first-order valence-corrected chi connectivity index (χ1v) is 12.7. The highest BCUT2D eigenvalue weighted by Crippen LogP contribution is 2.39. The molecule has 1 amide bonds. The predicted molar refractivity (Wildman–Crippen MR) is 137 cm³/mol. The van der Waals surface area contributed by atoms with Gasteiger partial charge in [0.2, 0.25) is 5.76 Å². The van der Waals surface area contributed by atoms with E-state index in [0.29, 0.717) is 28.9 Å². The molecule has 0 bridgehead atoms. The zero-order valence-electron chi connectivity index (χ0n) is 19.5. The van der Waals surface area contributed by atoms with Crippen LogP contribution in [0.25, 0.3) is 11.0 Å². The van der Waals surface area contributed by atoms with Gasteiger partial charge in [0, 0.05) is 4.47 Å². The smallest absolute Gasteiger partial charge is 0.291 e. The number of halogens is 1. The first-order valence-electron chi connectivity index (χ1n) is 11.9. The van der Waals surface area contributed by atoms with Crippen molar-refractivity contribution in [2.24, 2.45) is 0 Å². The molecule has 2 aromatic carbocycles. The Morgan fingerprint density at radius 3 is 2.60 bits per heavy atom. The molecule has 6 nitrogen and oxygen atoms in total. The van der Waals surface area contributed by atoms with E-state index in [1.165, 1.54) is 12.8 Å². The maximum atomic E-state index is 13.6. The molecule has 0 radical (unpaired) electrons. The number of amides is 1. The van der Waals surface area contributed by atoms with E-state index in [1.807, 2.05) is 30.3 Å². The summed E-state index contributed by atoms with van der Waals surface area (Å²) in [5, 5.41) is 0.433. The van der Waals surface area contributed by atoms with Crippen LogP contribution >= 0.6 is 15.9 Å². The van der Waals surface area contributed by atoms with E-state index in [4.69, 9.17) is 13.6 Å². The summed E-state index contributed by atoms with van der Waals surface area (Å²) in [4.78, 5) is 28.7. The summed E-state index contributed by atoms with van der Waals surface area (Å²) in [6, 6.07) is 15.8. The van der Waals surface area contributed by atoms with E-state index in [0.717, 1.165) is 28.6 Å². The van der Waals surface area contributed by atoms with Gasteiger partial charge in [-0.05, 0) is 54.4 Å². The van der Waals surface area contributed by atoms with Crippen LogP contribution in [0.5, 0.6) is 5.75 Å². The number of furan rings is 1. The van der Waals surface area contributed by atoms with Crippen molar-refractivity contribution in [2.45, 2.75) is 45.2 Å². The number of unbranched alkanes of at least 4 members (excludes halogenated alkanes) is 3. The molecule has 0 saturated carbocycles. The second-order valence-electron chi connectivity index (χ2n) is 8.71. The average molecular weight is 536 g/mol. The molecule has 3 heterocycles. The van der Waals surface area contributed by atoms with Crippen molar-refractivity contribution < 1.29 is 18.4 Å². The summed E-state index contributed by atoms with van der Waals surface area (Å²) in [7, 11) is 0. The van der Waals surface area contributed by atoms with Crippen LogP contribution in [0, 0.1) is 0 Å². The molecule has 4 aromatic rings. The fourth-order valence-corrected chi connectivity index (χ4v) is 4.90. The number of hydrogen-bond donors (Lipinski definition) is 0. The third-order valence-electron chi connectivity index (χ3n) is 6.30. The molecule has 0 spiro atoms. The Labute approximate surface area is 211 Å². The van der Waals surface area contributed by atoms with Gasteiger partial charge in [0.1, 0.15) is 17.1 Å². The lowest BCUT2D eigenvalue weighted by Crippen LogP contribution is -2.29. The first-order chi connectivity index (χ1) is 17.1.